The van der Waals surface area contributed by atoms with Crippen molar-refractivity contribution >= 4 is 11.9 Å². The summed E-state index contributed by atoms with van der Waals surface area (Å²) in [6.07, 6.45) is 2.58. The molecule has 0 saturated carbocycles. The average molecular weight is 412 g/mol. The maximum Gasteiger partial charge on any atom is 0.330 e. The molecule has 10 nitrogen and oxygen atoms in total. The van der Waals surface area contributed by atoms with Gasteiger partial charge in [-0.1, -0.05) is 13.2 Å². The molecule has 8 N–H and O–H groups in total. The van der Waals surface area contributed by atoms with Gasteiger partial charge in [0.1, 0.15) is 0 Å². The molecule has 28 heavy (non-hydrogen) atoms. The van der Waals surface area contributed by atoms with Crippen molar-refractivity contribution in [1.29, 1.82) is 0 Å². The summed E-state index contributed by atoms with van der Waals surface area (Å²) in [6.45, 7) is 8.08. The minimum absolute atomic E-state index is 0.176. The van der Waals surface area contributed by atoms with Crippen LogP contribution in [0.1, 0.15) is 33.1 Å². The van der Waals surface area contributed by atoms with E-state index in [1.165, 1.54) is 13.8 Å². The number of carboxylic acid groups (broad SMARTS) is 2. The molecule has 0 spiro atoms. The monoisotopic (exact) mass is 412 g/mol. The summed E-state index contributed by atoms with van der Waals surface area (Å²) in [5.41, 5.74) is -0.759. The van der Waals surface area contributed by atoms with Gasteiger partial charge in [0, 0.05) is 24.4 Å². The number of carbonyl (C=O) groups is 2. The van der Waals surface area contributed by atoms with Gasteiger partial charge in [-0.25, -0.2) is 9.59 Å². The molecule has 0 rings (SSSR count). The average Bonchev–Trinajstić information content (AvgIpc) is 2.66. The number of hydrogen-bond donors (Lipinski definition) is 8. The Hall–Kier alpha value is -1.82. The molecule has 0 aromatic rings. The zero-order chi connectivity index (χ0) is 23.2. The van der Waals surface area contributed by atoms with Gasteiger partial charge in [-0.15, -0.1) is 0 Å². The Balaban J connectivity index is -0.000000139. The quantitative estimate of drug-likeness (QED) is 0.169. The van der Waals surface area contributed by atoms with Crippen molar-refractivity contribution in [2.45, 2.75) is 33.1 Å². The molecule has 0 aliphatic carbocycles. The number of aliphatic hydroxyl groups is 6. The molecule has 0 fully saturated rings. The Kier molecular flexibility index (Phi) is 28.0. The van der Waals surface area contributed by atoms with Crippen molar-refractivity contribution in [2.75, 3.05) is 39.6 Å². The Morgan fingerprint density at radius 3 is 0.929 bits per heavy atom. The van der Waals surface area contributed by atoms with Crippen LogP contribution >= 0.6 is 0 Å². The second-order valence-electron chi connectivity index (χ2n) is 5.81. The van der Waals surface area contributed by atoms with Gasteiger partial charge in [-0.2, -0.15) is 0 Å². The second-order valence-corrected chi connectivity index (χ2v) is 5.81. The molecular formula is C18H36O10. The number of carboxylic acids is 2. The fourth-order valence-electron chi connectivity index (χ4n) is 0.700. The number of aliphatic carboxylic acids is 2. The van der Waals surface area contributed by atoms with Gasteiger partial charge < -0.3 is 40.9 Å². The first kappa shape index (κ1) is 33.7. The first-order chi connectivity index (χ1) is 12.9. The van der Waals surface area contributed by atoms with Crippen LogP contribution in [0.5, 0.6) is 0 Å². The topological polar surface area (TPSA) is 196 Å². The third kappa shape index (κ3) is 26.4. The highest BCUT2D eigenvalue weighted by Crippen LogP contribution is 2.11. The normalized spacial score (nSPS) is 9.43. The van der Waals surface area contributed by atoms with Crippen LogP contribution in [0.3, 0.4) is 0 Å². The van der Waals surface area contributed by atoms with Crippen LogP contribution in [-0.2, 0) is 9.59 Å². The Bertz CT molecular complexity index is 347. The zero-order valence-electron chi connectivity index (χ0n) is 16.7. The third-order valence-electron chi connectivity index (χ3n) is 2.89. The van der Waals surface area contributed by atoms with Gasteiger partial charge in [-0.3, -0.25) is 0 Å². The molecule has 0 aliphatic heterocycles. The van der Waals surface area contributed by atoms with Crippen molar-refractivity contribution in [3.63, 3.8) is 0 Å². The van der Waals surface area contributed by atoms with Crippen LogP contribution in [-0.4, -0.2) is 92.4 Å². The lowest BCUT2D eigenvalue weighted by Crippen LogP contribution is -2.37. The highest BCUT2D eigenvalue weighted by atomic mass is 16.4. The lowest BCUT2D eigenvalue weighted by molar-refractivity contribution is -0.133. The second kappa shape index (κ2) is 23.2. The van der Waals surface area contributed by atoms with E-state index < -0.39 is 43.8 Å². The van der Waals surface area contributed by atoms with Gasteiger partial charge in [0.05, 0.1) is 31.8 Å². The molecule has 0 aliphatic rings. The number of unbranched alkanes of at least 4 members (excludes halogenated alkanes) is 2. The smallest absolute Gasteiger partial charge is 0.330 e. The van der Waals surface area contributed by atoms with Crippen LogP contribution < -0.4 is 0 Å². The van der Waals surface area contributed by atoms with Crippen LogP contribution in [0.15, 0.2) is 24.3 Å². The highest BCUT2D eigenvalue weighted by molar-refractivity contribution is 5.85. The molecule has 0 bridgehead atoms. The summed E-state index contributed by atoms with van der Waals surface area (Å²) in [7, 11) is 0. The molecule has 0 atom stereocenters. The lowest BCUT2D eigenvalue weighted by atomic mass is 9.93. The molecule has 0 aromatic carbocycles. The van der Waals surface area contributed by atoms with Crippen LogP contribution in [0.4, 0.5) is 0 Å². The SMILES string of the molecule is C=C(C)C(=O)O.C=C(C)C(=O)O.OCC(CO)(CO)CO.OCCCCCO. The van der Waals surface area contributed by atoms with E-state index in [2.05, 4.69) is 13.2 Å². The molecule has 0 unspecified atom stereocenters. The predicted octanol–water partition coefficient (Wildman–Crippen LogP) is -0.622. The Morgan fingerprint density at radius 2 is 0.857 bits per heavy atom. The largest absolute Gasteiger partial charge is 0.478 e. The van der Waals surface area contributed by atoms with E-state index in [9.17, 15) is 9.59 Å². The standard InChI is InChI=1S/C5H12O4.C5H12O2.2C4H6O2/c6-1-5(2-7,3-8)4-9;6-4-2-1-3-5-7;2*1-3(2)4(5)6/h6-9H,1-4H2;6-7H,1-5H2;2*1H2,2H3,(H,5,6). The van der Waals surface area contributed by atoms with Crippen LogP contribution in [0.2, 0.25) is 0 Å². The highest BCUT2D eigenvalue weighted by Gasteiger charge is 2.26. The summed E-state index contributed by atoms with van der Waals surface area (Å²) in [4.78, 5) is 19.2. The Morgan fingerprint density at radius 1 is 0.643 bits per heavy atom. The van der Waals surface area contributed by atoms with E-state index in [0.29, 0.717) is 0 Å². The molecule has 0 amide bonds. The number of rotatable bonds is 10. The zero-order valence-corrected chi connectivity index (χ0v) is 16.7. The van der Waals surface area contributed by atoms with Crippen molar-refractivity contribution in [2.24, 2.45) is 5.41 Å². The minimum Gasteiger partial charge on any atom is -0.478 e. The van der Waals surface area contributed by atoms with Crippen LogP contribution in [0.25, 0.3) is 0 Å². The molecule has 0 saturated heterocycles. The van der Waals surface area contributed by atoms with E-state index >= 15 is 0 Å². The minimum atomic E-state index is -1.11. The Labute approximate surface area is 165 Å². The first-order valence-electron chi connectivity index (χ1n) is 8.37. The predicted molar refractivity (Wildman–Crippen MR) is 104 cm³/mol. The maximum atomic E-state index is 9.60. The molecule has 0 heterocycles. The third-order valence-corrected chi connectivity index (χ3v) is 2.89. The van der Waals surface area contributed by atoms with Gasteiger partial charge in [0.15, 0.2) is 0 Å². The fraction of sp³-hybridized carbons (Fsp3) is 0.667. The molecule has 168 valence electrons. The summed E-state index contributed by atoms with van der Waals surface area (Å²) < 4.78 is 0. The first-order valence-corrected chi connectivity index (χ1v) is 8.37. The van der Waals surface area contributed by atoms with E-state index in [1.54, 1.807) is 0 Å². The summed E-state index contributed by atoms with van der Waals surface area (Å²) >= 11 is 0. The van der Waals surface area contributed by atoms with Gasteiger partial charge in [-0.05, 0) is 33.1 Å². The summed E-state index contributed by atoms with van der Waals surface area (Å²) in [6, 6.07) is 0. The van der Waals surface area contributed by atoms with Gasteiger partial charge >= 0.3 is 11.9 Å². The molecule has 0 aromatic heterocycles. The van der Waals surface area contributed by atoms with Gasteiger partial charge in [0.2, 0.25) is 0 Å². The fourth-order valence-corrected chi connectivity index (χ4v) is 0.700. The summed E-state index contributed by atoms with van der Waals surface area (Å²) in [5, 5.41) is 66.2. The molecule has 0 radical (unpaired) electrons. The van der Waals surface area contributed by atoms with Crippen LogP contribution in [0, 0.1) is 5.41 Å². The van der Waals surface area contributed by atoms with Crippen molar-refractivity contribution in [3.8, 4) is 0 Å². The summed E-state index contributed by atoms with van der Waals surface area (Å²) in [5.74, 6) is -1.87. The van der Waals surface area contributed by atoms with E-state index in [-0.39, 0.29) is 24.4 Å². The van der Waals surface area contributed by atoms with Gasteiger partial charge in [0.25, 0.3) is 0 Å². The molecule has 10 heteroatoms. The molecular weight excluding hydrogens is 376 g/mol. The van der Waals surface area contributed by atoms with Crippen molar-refractivity contribution < 1.29 is 50.4 Å². The van der Waals surface area contributed by atoms with E-state index in [4.69, 9.17) is 40.9 Å². The van der Waals surface area contributed by atoms with E-state index in [1.807, 2.05) is 0 Å². The van der Waals surface area contributed by atoms with Crippen molar-refractivity contribution in [3.05, 3.63) is 24.3 Å². The number of aliphatic hydroxyl groups excluding tert-OH is 6. The number of hydrogen-bond acceptors (Lipinski definition) is 8. The lowest BCUT2D eigenvalue weighted by Gasteiger charge is -2.23. The van der Waals surface area contributed by atoms with E-state index in [0.717, 1.165) is 19.3 Å². The van der Waals surface area contributed by atoms with Crippen molar-refractivity contribution in [1.82, 2.24) is 0 Å². The maximum absolute atomic E-state index is 9.60.